The van der Waals surface area contributed by atoms with Crippen LogP contribution in [-0.4, -0.2) is 40.0 Å². The maximum atomic E-state index is 14.4. The molecule has 7 nitrogen and oxygen atoms in total. The van der Waals surface area contributed by atoms with E-state index in [0.29, 0.717) is 17.7 Å². The molecule has 3 aromatic carbocycles. The van der Waals surface area contributed by atoms with Gasteiger partial charge in [0.25, 0.3) is 5.91 Å². The number of hydrogen-bond donors (Lipinski definition) is 2. The molecule has 40 heavy (non-hydrogen) atoms. The molecule has 0 radical (unpaired) electrons. The highest BCUT2D eigenvalue weighted by Crippen LogP contribution is 2.32. The molecular formula is C33H43N3O4. The van der Waals surface area contributed by atoms with Gasteiger partial charge in [0.1, 0.15) is 17.7 Å². The quantitative estimate of drug-likeness (QED) is 0.316. The molecule has 3 aromatic rings. The molecule has 7 heteroatoms. The van der Waals surface area contributed by atoms with Gasteiger partial charge in [-0.2, -0.15) is 0 Å². The fourth-order valence-electron chi connectivity index (χ4n) is 4.64. The van der Waals surface area contributed by atoms with Crippen LogP contribution >= 0.6 is 0 Å². The largest absolute Gasteiger partial charge is 0.444 e. The summed E-state index contributed by atoms with van der Waals surface area (Å²) in [6.45, 7) is 14.9. The highest BCUT2D eigenvalue weighted by Gasteiger charge is 2.43. The molecule has 0 bridgehead atoms. The fraction of sp³-hybridized carbons (Fsp3) is 0.424. The van der Waals surface area contributed by atoms with E-state index in [4.69, 9.17) is 4.74 Å². The fourth-order valence-corrected chi connectivity index (χ4v) is 4.64. The standard InChI is InChI=1S/C33H43N3O4/c1-9-22(2)27(35-31(39)40-33(6,7)8)30(38)36(32(3,4)5)28(24-16-11-10-12-17-24)29(37)34-26-20-19-23-15-13-14-18-25(23)21-26/h10-22,27-28H,9H2,1-8H3,(H,34,37)(H,35,39). The molecule has 3 unspecified atom stereocenters. The first-order chi connectivity index (χ1) is 18.7. The number of rotatable bonds is 8. The van der Waals surface area contributed by atoms with Crippen LogP contribution in [0.3, 0.4) is 0 Å². The van der Waals surface area contributed by atoms with Gasteiger partial charge in [-0.15, -0.1) is 0 Å². The van der Waals surface area contributed by atoms with Gasteiger partial charge in [-0.3, -0.25) is 9.59 Å². The Kier molecular flexibility index (Phi) is 9.61. The maximum Gasteiger partial charge on any atom is 0.408 e. The van der Waals surface area contributed by atoms with E-state index < -0.39 is 29.3 Å². The molecule has 0 saturated heterocycles. The van der Waals surface area contributed by atoms with Crippen molar-refractivity contribution in [1.29, 1.82) is 0 Å². The summed E-state index contributed by atoms with van der Waals surface area (Å²) in [5.74, 6) is -0.898. The van der Waals surface area contributed by atoms with Crippen molar-refractivity contribution >= 4 is 34.4 Å². The number of amides is 3. The van der Waals surface area contributed by atoms with Crippen LogP contribution in [0.5, 0.6) is 0 Å². The van der Waals surface area contributed by atoms with Crippen molar-refractivity contribution in [1.82, 2.24) is 10.2 Å². The van der Waals surface area contributed by atoms with Crippen molar-refractivity contribution in [3.8, 4) is 0 Å². The summed E-state index contributed by atoms with van der Waals surface area (Å²) in [6, 6.07) is 21.1. The van der Waals surface area contributed by atoms with Crippen molar-refractivity contribution in [2.75, 3.05) is 5.32 Å². The topological polar surface area (TPSA) is 87.7 Å². The number of ether oxygens (including phenoxy) is 1. The predicted octanol–water partition coefficient (Wildman–Crippen LogP) is 7.09. The van der Waals surface area contributed by atoms with E-state index in [1.165, 1.54) is 0 Å². The van der Waals surface area contributed by atoms with E-state index in [1.54, 1.807) is 25.7 Å². The molecule has 0 aliphatic carbocycles. The highest BCUT2D eigenvalue weighted by atomic mass is 16.6. The molecule has 3 amide bonds. The second-order valence-corrected chi connectivity index (χ2v) is 12.3. The number of carbonyl (C=O) groups excluding carboxylic acids is 3. The average molecular weight is 546 g/mol. The number of nitrogens with one attached hydrogen (secondary N) is 2. The van der Waals surface area contributed by atoms with Gasteiger partial charge in [-0.25, -0.2) is 4.79 Å². The monoisotopic (exact) mass is 545 g/mol. The molecule has 2 N–H and O–H groups in total. The summed E-state index contributed by atoms with van der Waals surface area (Å²) in [5, 5.41) is 7.92. The van der Waals surface area contributed by atoms with Gasteiger partial charge in [-0.1, -0.05) is 80.9 Å². The van der Waals surface area contributed by atoms with E-state index in [1.807, 2.05) is 107 Å². The molecule has 214 valence electrons. The van der Waals surface area contributed by atoms with Gasteiger partial charge in [0.15, 0.2) is 0 Å². The molecule has 0 aromatic heterocycles. The molecule has 0 fully saturated rings. The van der Waals surface area contributed by atoms with E-state index in [2.05, 4.69) is 10.6 Å². The molecule has 0 aliphatic heterocycles. The Labute approximate surface area is 238 Å². The molecular weight excluding hydrogens is 502 g/mol. The van der Waals surface area contributed by atoms with Gasteiger partial charge in [0.2, 0.25) is 5.91 Å². The number of benzene rings is 3. The third-order valence-electron chi connectivity index (χ3n) is 6.75. The van der Waals surface area contributed by atoms with Crippen LogP contribution in [-0.2, 0) is 14.3 Å². The van der Waals surface area contributed by atoms with Crippen LogP contribution < -0.4 is 10.6 Å². The van der Waals surface area contributed by atoms with Crippen LogP contribution in [0.4, 0.5) is 10.5 Å². The summed E-state index contributed by atoms with van der Waals surface area (Å²) >= 11 is 0. The van der Waals surface area contributed by atoms with Crippen molar-refractivity contribution in [2.24, 2.45) is 5.92 Å². The average Bonchev–Trinajstić information content (AvgIpc) is 2.88. The Balaban J connectivity index is 2.05. The van der Waals surface area contributed by atoms with Gasteiger partial charge in [-0.05, 0) is 75.9 Å². The van der Waals surface area contributed by atoms with E-state index >= 15 is 0 Å². The van der Waals surface area contributed by atoms with Crippen molar-refractivity contribution in [2.45, 2.75) is 85.0 Å². The van der Waals surface area contributed by atoms with Crippen molar-refractivity contribution < 1.29 is 19.1 Å². The molecule has 0 saturated carbocycles. The van der Waals surface area contributed by atoms with Crippen LogP contribution in [0, 0.1) is 5.92 Å². The maximum absolute atomic E-state index is 14.4. The highest BCUT2D eigenvalue weighted by molar-refractivity contribution is 6.00. The van der Waals surface area contributed by atoms with Crippen molar-refractivity contribution in [3.05, 3.63) is 78.4 Å². The van der Waals surface area contributed by atoms with Crippen molar-refractivity contribution in [3.63, 3.8) is 0 Å². The number of anilines is 1. The second-order valence-electron chi connectivity index (χ2n) is 12.3. The minimum atomic E-state index is -0.952. The first-order valence-corrected chi connectivity index (χ1v) is 13.9. The lowest BCUT2D eigenvalue weighted by Gasteiger charge is -2.43. The second kappa shape index (κ2) is 12.5. The molecule has 0 heterocycles. The SMILES string of the molecule is CCC(C)C(NC(=O)OC(C)(C)C)C(=O)N(C(C(=O)Nc1ccc2ccccc2c1)c1ccccc1)C(C)(C)C. The lowest BCUT2D eigenvalue weighted by molar-refractivity contribution is -0.147. The lowest BCUT2D eigenvalue weighted by atomic mass is 9.91. The number of hydrogen-bond acceptors (Lipinski definition) is 4. The molecule has 3 rings (SSSR count). The van der Waals surface area contributed by atoms with Gasteiger partial charge < -0.3 is 20.3 Å². The van der Waals surface area contributed by atoms with Crippen LogP contribution in [0.15, 0.2) is 72.8 Å². The van der Waals surface area contributed by atoms with Gasteiger partial charge >= 0.3 is 6.09 Å². The Morgan fingerprint density at radius 2 is 1.45 bits per heavy atom. The summed E-state index contributed by atoms with van der Waals surface area (Å²) in [7, 11) is 0. The third-order valence-corrected chi connectivity index (χ3v) is 6.75. The third kappa shape index (κ3) is 7.84. The number of carbonyl (C=O) groups is 3. The number of nitrogens with zero attached hydrogens (tertiary/aromatic N) is 1. The first kappa shape index (κ1) is 30.7. The first-order valence-electron chi connectivity index (χ1n) is 13.9. The zero-order valence-corrected chi connectivity index (χ0v) is 24.9. The van der Waals surface area contributed by atoms with Crippen LogP contribution in [0.1, 0.15) is 73.4 Å². The minimum absolute atomic E-state index is 0.204. The lowest BCUT2D eigenvalue weighted by Crippen LogP contribution is -2.59. The van der Waals surface area contributed by atoms with E-state index in [9.17, 15) is 14.4 Å². The normalized spacial score (nSPS) is 14.1. The molecule has 3 atom stereocenters. The van der Waals surface area contributed by atoms with E-state index in [0.717, 1.165) is 10.8 Å². The van der Waals surface area contributed by atoms with Gasteiger partial charge in [0, 0.05) is 11.2 Å². The zero-order valence-electron chi connectivity index (χ0n) is 24.9. The summed E-state index contributed by atoms with van der Waals surface area (Å²) in [4.78, 5) is 42.9. The Hall–Kier alpha value is -3.87. The predicted molar refractivity (Wildman–Crippen MR) is 161 cm³/mol. The Morgan fingerprint density at radius 3 is 2.02 bits per heavy atom. The summed E-state index contributed by atoms with van der Waals surface area (Å²) in [6.07, 6.45) is -0.0272. The van der Waals surface area contributed by atoms with Gasteiger partial charge in [0.05, 0.1) is 0 Å². The Morgan fingerprint density at radius 1 is 0.850 bits per heavy atom. The molecule has 0 spiro atoms. The summed E-state index contributed by atoms with van der Waals surface area (Å²) in [5.41, 5.74) is -0.177. The Bertz CT molecular complexity index is 1320. The smallest absolute Gasteiger partial charge is 0.408 e. The van der Waals surface area contributed by atoms with E-state index in [-0.39, 0.29) is 17.7 Å². The summed E-state index contributed by atoms with van der Waals surface area (Å²) < 4.78 is 5.49. The van der Waals surface area contributed by atoms with Crippen LogP contribution in [0.2, 0.25) is 0 Å². The van der Waals surface area contributed by atoms with Crippen LogP contribution in [0.25, 0.3) is 10.8 Å². The minimum Gasteiger partial charge on any atom is -0.444 e. The molecule has 0 aliphatic rings. The number of alkyl carbamates (subject to hydrolysis) is 1. The zero-order chi connectivity index (χ0) is 29.7. The number of fused-ring (bicyclic) bond motifs is 1.